The number of unbranched alkanes of at least 4 members (excludes halogenated alkanes) is 3. The molecular formula is C26H44O2. The lowest BCUT2D eigenvalue weighted by Crippen LogP contribution is -2.19. The Kier molecular flexibility index (Phi) is 9.50. The molecule has 1 saturated carbocycles. The summed E-state index contributed by atoms with van der Waals surface area (Å²) in [6, 6.07) is 7.14. The van der Waals surface area contributed by atoms with Gasteiger partial charge in [-0.2, -0.15) is 0 Å². The number of hydrogen-bond acceptors (Lipinski definition) is 2. The first-order valence-corrected chi connectivity index (χ1v) is 11.9. The van der Waals surface area contributed by atoms with E-state index in [9.17, 15) is 10.2 Å². The Hall–Kier alpha value is -0.860. The van der Waals surface area contributed by atoms with Gasteiger partial charge in [-0.25, -0.2) is 0 Å². The first kappa shape index (κ1) is 23.4. The maximum absolute atomic E-state index is 10.4. The first-order valence-electron chi connectivity index (χ1n) is 11.9. The van der Waals surface area contributed by atoms with Crippen LogP contribution >= 0.6 is 0 Å². The van der Waals surface area contributed by atoms with Crippen molar-refractivity contribution in [3.05, 3.63) is 34.9 Å². The van der Waals surface area contributed by atoms with Crippen LogP contribution in [0.25, 0.3) is 0 Å². The molecule has 1 fully saturated rings. The lowest BCUT2D eigenvalue weighted by molar-refractivity contribution is 0.138. The van der Waals surface area contributed by atoms with Gasteiger partial charge in [-0.1, -0.05) is 78.0 Å². The molecule has 1 aliphatic rings. The molecule has 1 aliphatic carbocycles. The quantitative estimate of drug-likeness (QED) is 0.343. The van der Waals surface area contributed by atoms with Crippen molar-refractivity contribution < 1.29 is 10.2 Å². The third-order valence-corrected chi connectivity index (χ3v) is 6.64. The minimum Gasteiger partial charge on any atom is -0.396 e. The highest BCUT2D eigenvalue weighted by Crippen LogP contribution is 2.46. The lowest BCUT2D eigenvalue weighted by atomic mass is 9.77. The van der Waals surface area contributed by atoms with Crippen molar-refractivity contribution in [3.8, 4) is 0 Å². The van der Waals surface area contributed by atoms with Crippen molar-refractivity contribution >= 4 is 0 Å². The van der Waals surface area contributed by atoms with E-state index in [1.165, 1.54) is 61.6 Å². The highest BCUT2D eigenvalue weighted by atomic mass is 16.3. The molecule has 0 bridgehead atoms. The standard InChI is InChI=1S/C26H44O2/c1-5-7-8-9-16-26(3,4)22-13-14-24(25(19-22)20-11-12-20)21(15-17-27)18-23(28)10-6-2/h13-14,19-21,23,27-28H,5-12,15-18H2,1-4H3. The second kappa shape index (κ2) is 11.4. The Bertz CT molecular complexity index is 574. The Morgan fingerprint density at radius 2 is 1.79 bits per heavy atom. The molecule has 2 N–H and O–H groups in total. The molecule has 0 amide bonds. The summed E-state index contributed by atoms with van der Waals surface area (Å²) in [6.45, 7) is 9.36. The van der Waals surface area contributed by atoms with Crippen molar-refractivity contribution in [3.63, 3.8) is 0 Å². The fourth-order valence-electron chi connectivity index (χ4n) is 4.59. The molecule has 0 aliphatic heterocycles. The number of rotatable bonds is 14. The first-order chi connectivity index (χ1) is 13.4. The molecule has 0 spiro atoms. The maximum Gasteiger partial charge on any atom is 0.0546 e. The Balaban J connectivity index is 2.21. The van der Waals surface area contributed by atoms with Crippen LogP contribution in [-0.4, -0.2) is 22.9 Å². The van der Waals surface area contributed by atoms with Crippen molar-refractivity contribution in [1.29, 1.82) is 0 Å². The van der Waals surface area contributed by atoms with Gasteiger partial charge in [0, 0.05) is 6.61 Å². The molecule has 0 radical (unpaired) electrons. The zero-order valence-corrected chi connectivity index (χ0v) is 18.8. The molecule has 1 aromatic carbocycles. The summed E-state index contributed by atoms with van der Waals surface area (Å²) in [7, 11) is 0. The van der Waals surface area contributed by atoms with Gasteiger partial charge in [-0.15, -0.1) is 0 Å². The predicted molar refractivity (Wildman–Crippen MR) is 120 cm³/mol. The van der Waals surface area contributed by atoms with E-state index >= 15 is 0 Å². The normalized spacial score (nSPS) is 16.9. The van der Waals surface area contributed by atoms with Crippen LogP contribution in [-0.2, 0) is 5.41 Å². The summed E-state index contributed by atoms with van der Waals surface area (Å²) in [6.07, 6.45) is 12.2. The average molecular weight is 389 g/mol. The smallest absolute Gasteiger partial charge is 0.0546 e. The van der Waals surface area contributed by atoms with Crippen molar-refractivity contribution in [2.75, 3.05) is 6.61 Å². The van der Waals surface area contributed by atoms with Gasteiger partial charge in [0.2, 0.25) is 0 Å². The van der Waals surface area contributed by atoms with Gasteiger partial charge in [0.05, 0.1) is 6.10 Å². The van der Waals surface area contributed by atoms with Gasteiger partial charge in [0.1, 0.15) is 0 Å². The predicted octanol–water partition coefficient (Wildman–Crippen LogP) is 6.83. The SMILES string of the molecule is CCCCCCC(C)(C)c1ccc(C(CCO)CC(O)CCC)c(C2CC2)c1. The molecule has 0 heterocycles. The van der Waals surface area contributed by atoms with E-state index in [4.69, 9.17) is 0 Å². The highest BCUT2D eigenvalue weighted by Gasteiger charge is 2.31. The van der Waals surface area contributed by atoms with Crippen LogP contribution in [0.5, 0.6) is 0 Å². The largest absolute Gasteiger partial charge is 0.396 e. The van der Waals surface area contributed by atoms with E-state index < -0.39 is 0 Å². The van der Waals surface area contributed by atoms with Crippen molar-refractivity contribution in [2.24, 2.45) is 0 Å². The summed E-state index contributed by atoms with van der Waals surface area (Å²) in [5.74, 6) is 0.958. The molecule has 2 unspecified atom stereocenters. The summed E-state index contributed by atoms with van der Waals surface area (Å²) in [5.41, 5.74) is 4.56. The van der Waals surface area contributed by atoms with Crippen LogP contribution < -0.4 is 0 Å². The summed E-state index contributed by atoms with van der Waals surface area (Å²) >= 11 is 0. The van der Waals surface area contributed by atoms with Crippen molar-refractivity contribution in [1.82, 2.24) is 0 Å². The topological polar surface area (TPSA) is 40.5 Å². The third-order valence-electron chi connectivity index (χ3n) is 6.64. The number of aliphatic hydroxyl groups excluding tert-OH is 2. The molecule has 160 valence electrons. The van der Waals surface area contributed by atoms with Crippen molar-refractivity contribution in [2.45, 2.75) is 122 Å². The number of aliphatic hydroxyl groups is 2. The van der Waals surface area contributed by atoms with E-state index in [1.54, 1.807) is 0 Å². The van der Waals surface area contributed by atoms with Crippen LogP contribution in [0.2, 0.25) is 0 Å². The molecule has 2 nitrogen and oxygen atoms in total. The van der Waals surface area contributed by atoms with Gasteiger partial charge in [-0.3, -0.25) is 0 Å². The van der Waals surface area contributed by atoms with Crippen LogP contribution in [0, 0.1) is 0 Å². The third kappa shape index (κ3) is 6.88. The molecule has 1 aromatic rings. The molecule has 2 heteroatoms. The van der Waals surface area contributed by atoms with Gasteiger partial charge >= 0.3 is 0 Å². The fourth-order valence-corrected chi connectivity index (χ4v) is 4.59. The average Bonchev–Trinajstić information content (AvgIpc) is 3.50. The van der Waals surface area contributed by atoms with Gasteiger partial charge < -0.3 is 10.2 Å². The molecule has 0 saturated heterocycles. The zero-order chi connectivity index (χ0) is 20.6. The second-order valence-corrected chi connectivity index (χ2v) is 9.70. The van der Waals surface area contributed by atoms with E-state index in [2.05, 4.69) is 45.9 Å². The lowest BCUT2D eigenvalue weighted by Gasteiger charge is -2.29. The van der Waals surface area contributed by atoms with Crippen LogP contribution in [0.1, 0.15) is 127 Å². The Morgan fingerprint density at radius 3 is 2.39 bits per heavy atom. The maximum atomic E-state index is 10.4. The summed E-state index contributed by atoms with van der Waals surface area (Å²) in [4.78, 5) is 0. The van der Waals surface area contributed by atoms with Crippen LogP contribution in [0.4, 0.5) is 0 Å². The highest BCUT2D eigenvalue weighted by molar-refractivity contribution is 5.41. The summed E-state index contributed by atoms with van der Waals surface area (Å²) < 4.78 is 0. The molecule has 2 atom stereocenters. The molecule has 28 heavy (non-hydrogen) atoms. The number of benzene rings is 1. The second-order valence-electron chi connectivity index (χ2n) is 9.70. The summed E-state index contributed by atoms with van der Waals surface area (Å²) in [5, 5.41) is 20.0. The van der Waals surface area contributed by atoms with Gasteiger partial charge in [0.25, 0.3) is 0 Å². The monoisotopic (exact) mass is 388 g/mol. The Labute approximate surface area is 173 Å². The molecule has 2 rings (SSSR count). The minimum atomic E-state index is -0.261. The van der Waals surface area contributed by atoms with Gasteiger partial charge in [-0.05, 0) is 72.5 Å². The van der Waals surface area contributed by atoms with E-state index in [-0.39, 0.29) is 24.0 Å². The molecule has 0 aromatic heterocycles. The van der Waals surface area contributed by atoms with E-state index in [0.717, 1.165) is 25.7 Å². The fraction of sp³-hybridized carbons (Fsp3) is 0.769. The Morgan fingerprint density at radius 1 is 1.04 bits per heavy atom. The van der Waals surface area contributed by atoms with Crippen LogP contribution in [0.15, 0.2) is 18.2 Å². The number of hydrogen-bond donors (Lipinski definition) is 2. The van der Waals surface area contributed by atoms with Crippen LogP contribution in [0.3, 0.4) is 0 Å². The van der Waals surface area contributed by atoms with E-state index in [1.807, 2.05) is 0 Å². The molecular weight excluding hydrogens is 344 g/mol. The van der Waals surface area contributed by atoms with Gasteiger partial charge in [0.15, 0.2) is 0 Å². The van der Waals surface area contributed by atoms with E-state index in [0.29, 0.717) is 5.92 Å². The minimum absolute atomic E-state index is 0.193. The zero-order valence-electron chi connectivity index (χ0n) is 18.8.